The van der Waals surface area contributed by atoms with Crippen LogP contribution in [0.4, 0.5) is 16.5 Å². The number of piperidine rings is 1. The Morgan fingerprint density at radius 1 is 1.21 bits per heavy atom. The Morgan fingerprint density at radius 3 is 2.79 bits per heavy atom. The van der Waals surface area contributed by atoms with Gasteiger partial charge in [0.2, 0.25) is 0 Å². The van der Waals surface area contributed by atoms with Crippen LogP contribution in [0.3, 0.4) is 0 Å². The number of benzene rings is 1. The number of carbonyl (C=O) groups excluding carboxylic acids is 2. The Morgan fingerprint density at radius 2 is 2.03 bits per heavy atom. The quantitative estimate of drug-likeness (QED) is 0.484. The molecular weight excluding hydrogens is 468 g/mol. The van der Waals surface area contributed by atoms with Gasteiger partial charge in [0, 0.05) is 48.2 Å². The molecule has 2 fully saturated rings. The lowest BCUT2D eigenvalue weighted by atomic mass is 9.73. The van der Waals surface area contributed by atoms with Crippen molar-refractivity contribution in [1.29, 1.82) is 0 Å². The van der Waals surface area contributed by atoms with Crippen molar-refractivity contribution < 1.29 is 9.59 Å². The van der Waals surface area contributed by atoms with E-state index in [4.69, 9.17) is 0 Å². The summed E-state index contributed by atoms with van der Waals surface area (Å²) in [7, 11) is 0. The number of amides is 2. The van der Waals surface area contributed by atoms with Crippen LogP contribution < -0.4 is 20.4 Å². The van der Waals surface area contributed by atoms with Gasteiger partial charge >= 0.3 is 0 Å². The fraction of sp³-hybridized carbons (Fsp3) is 0.333. The first-order valence-electron chi connectivity index (χ1n) is 11.3. The number of hydrogen-bond acceptors (Lipinski definition) is 8. The van der Waals surface area contributed by atoms with Gasteiger partial charge in [0.15, 0.2) is 5.13 Å². The van der Waals surface area contributed by atoms with Gasteiger partial charge < -0.3 is 15.5 Å². The molecule has 3 aromatic rings. The van der Waals surface area contributed by atoms with Gasteiger partial charge in [-0.3, -0.25) is 19.5 Å². The molecule has 0 atom stereocenters. The lowest BCUT2D eigenvalue weighted by Crippen LogP contribution is -2.58. The largest absolute Gasteiger partial charge is 0.370 e. The summed E-state index contributed by atoms with van der Waals surface area (Å²) in [5.41, 5.74) is 3.96. The van der Waals surface area contributed by atoms with E-state index in [0.717, 1.165) is 55.2 Å². The minimum absolute atomic E-state index is 0.119. The molecule has 6 rings (SSSR count). The fourth-order valence-electron chi connectivity index (χ4n) is 4.94. The number of hydrogen-bond donors (Lipinski definition) is 3. The molecule has 5 heterocycles. The number of rotatable bonds is 4. The van der Waals surface area contributed by atoms with Gasteiger partial charge in [0.25, 0.3) is 11.8 Å². The van der Waals surface area contributed by atoms with Crippen LogP contribution in [-0.2, 0) is 6.54 Å². The second kappa shape index (κ2) is 8.37. The lowest BCUT2D eigenvalue weighted by Gasteiger charge is -2.49. The maximum Gasteiger partial charge on any atom is 0.275 e. The Labute approximate surface area is 206 Å². The number of anilines is 3. The number of thiazole rings is 1. The highest BCUT2D eigenvalue weighted by molar-refractivity contribution is 7.80. The van der Waals surface area contributed by atoms with Crippen molar-refractivity contribution in [3.8, 4) is 0 Å². The summed E-state index contributed by atoms with van der Waals surface area (Å²) >= 11 is 5.62. The number of aromatic nitrogens is 2. The molecule has 2 amide bonds. The van der Waals surface area contributed by atoms with E-state index in [1.54, 1.807) is 28.7 Å². The molecule has 1 spiro atoms. The Hall–Kier alpha value is -2.95. The van der Waals surface area contributed by atoms with E-state index in [9.17, 15) is 9.59 Å². The number of nitrogens with zero attached hydrogens (tertiary/aromatic N) is 4. The third-order valence-corrected chi connectivity index (χ3v) is 8.21. The summed E-state index contributed by atoms with van der Waals surface area (Å²) in [5.74, 6) is -0.429. The zero-order valence-corrected chi connectivity index (χ0v) is 20.2. The van der Waals surface area contributed by atoms with Gasteiger partial charge in [-0.15, -0.1) is 24.0 Å². The van der Waals surface area contributed by atoms with Crippen LogP contribution in [0.2, 0.25) is 0 Å². The number of nitrogens with one attached hydrogen (secondary N) is 2. The summed E-state index contributed by atoms with van der Waals surface area (Å²) in [4.78, 5) is 39.3. The monoisotopic (exact) mass is 492 g/mol. The molecule has 3 aliphatic rings. The maximum absolute atomic E-state index is 13.0. The van der Waals surface area contributed by atoms with Crippen molar-refractivity contribution in [1.82, 2.24) is 15.3 Å². The topological polar surface area (TPSA) is 90.5 Å². The second-order valence-corrected chi connectivity index (χ2v) is 10.5. The highest BCUT2D eigenvalue weighted by Crippen LogP contribution is 2.38. The lowest BCUT2D eigenvalue weighted by molar-refractivity contribution is 0.0991. The predicted molar refractivity (Wildman–Crippen MR) is 135 cm³/mol. The van der Waals surface area contributed by atoms with Gasteiger partial charge in [0.1, 0.15) is 5.69 Å². The van der Waals surface area contributed by atoms with Crippen molar-refractivity contribution in [3.63, 3.8) is 0 Å². The molecular formula is C24H24N6O2S2. The van der Waals surface area contributed by atoms with E-state index < -0.39 is 0 Å². The summed E-state index contributed by atoms with van der Waals surface area (Å²) in [5, 5.41) is 8.58. The smallest absolute Gasteiger partial charge is 0.275 e. The molecule has 0 bridgehead atoms. The normalized spacial score (nSPS) is 18.7. The first kappa shape index (κ1) is 21.6. The number of thiol groups is 1. The molecule has 34 heavy (non-hydrogen) atoms. The highest BCUT2D eigenvalue weighted by atomic mass is 32.1. The summed E-state index contributed by atoms with van der Waals surface area (Å²) in [6.45, 7) is 4.57. The van der Waals surface area contributed by atoms with E-state index in [0.29, 0.717) is 28.3 Å². The van der Waals surface area contributed by atoms with Gasteiger partial charge in [0.05, 0.1) is 24.1 Å². The third kappa shape index (κ3) is 3.75. The van der Waals surface area contributed by atoms with E-state index in [1.807, 2.05) is 18.2 Å². The molecule has 174 valence electrons. The molecule has 0 unspecified atom stereocenters. The van der Waals surface area contributed by atoms with Crippen molar-refractivity contribution in [2.45, 2.75) is 24.3 Å². The first-order chi connectivity index (χ1) is 16.5. The number of fused-ring (bicyclic) bond motifs is 1. The van der Waals surface area contributed by atoms with Crippen molar-refractivity contribution in [2.75, 3.05) is 41.3 Å². The van der Waals surface area contributed by atoms with Crippen LogP contribution in [0.1, 0.15) is 39.3 Å². The molecule has 8 nitrogen and oxygen atoms in total. The molecule has 0 saturated carbocycles. The number of carbonyl (C=O) groups is 2. The van der Waals surface area contributed by atoms with Crippen LogP contribution in [0, 0.1) is 5.41 Å². The standard InChI is InChI=1S/C24H24N6O2S2/c31-21(19-12-34-23(28-19)30-11-15-1-2-16(33)9-17(15)22(30)32)27-18-10-25-6-3-20(18)29-7-4-24(5-8-29)13-26-14-24/h1-3,6,9-10,12,26,33H,4-5,7-8,11,13-14H2,(H,27,31). The molecule has 2 aromatic heterocycles. The average Bonchev–Trinajstić information content (AvgIpc) is 3.44. The molecule has 1 aromatic carbocycles. The third-order valence-electron chi connectivity index (χ3n) is 7.06. The zero-order chi connectivity index (χ0) is 23.3. The summed E-state index contributed by atoms with van der Waals surface area (Å²) in [6, 6.07) is 7.51. The highest BCUT2D eigenvalue weighted by Gasteiger charge is 2.40. The van der Waals surface area contributed by atoms with E-state index >= 15 is 0 Å². The molecule has 2 saturated heterocycles. The number of pyridine rings is 1. The SMILES string of the molecule is O=C(Nc1cnccc1N1CCC2(CC1)CNC2)c1csc(N2Cc3ccc(S)cc3C2=O)n1. The minimum Gasteiger partial charge on any atom is -0.370 e. The van der Waals surface area contributed by atoms with Gasteiger partial charge in [-0.2, -0.15) is 0 Å². The Kier molecular flexibility index (Phi) is 5.31. The predicted octanol–water partition coefficient (Wildman–Crippen LogP) is 3.43. The molecule has 0 aliphatic carbocycles. The Balaban J connectivity index is 1.17. The van der Waals surface area contributed by atoms with E-state index in [-0.39, 0.29) is 17.5 Å². The van der Waals surface area contributed by atoms with Crippen LogP contribution >= 0.6 is 24.0 Å². The summed E-state index contributed by atoms with van der Waals surface area (Å²) in [6.07, 6.45) is 5.73. The van der Waals surface area contributed by atoms with Crippen LogP contribution in [0.15, 0.2) is 46.9 Å². The zero-order valence-electron chi connectivity index (χ0n) is 18.5. The van der Waals surface area contributed by atoms with Crippen molar-refractivity contribution >= 4 is 52.3 Å². The summed E-state index contributed by atoms with van der Waals surface area (Å²) < 4.78 is 0. The van der Waals surface area contributed by atoms with Gasteiger partial charge in [-0.25, -0.2) is 4.98 Å². The molecule has 10 heteroatoms. The van der Waals surface area contributed by atoms with Gasteiger partial charge in [-0.05, 0) is 42.0 Å². The molecule has 0 radical (unpaired) electrons. The Bertz CT molecular complexity index is 1280. The average molecular weight is 493 g/mol. The molecule has 3 aliphatic heterocycles. The molecule has 2 N–H and O–H groups in total. The van der Waals surface area contributed by atoms with Gasteiger partial charge in [-0.1, -0.05) is 6.07 Å². The maximum atomic E-state index is 13.0. The van der Waals surface area contributed by atoms with Crippen molar-refractivity contribution in [2.24, 2.45) is 5.41 Å². The van der Waals surface area contributed by atoms with E-state index in [2.05, 4.69) is 38.1 Å². The van der Waals surface area contributed by atoms with Crippen molar-refractivity contribution in [3.05, 3.63) is 58.9 Å². The fourth-order valence-corrected chi connectivity index (χ4v) is 5.94. The van der Waals surface area contributed by atoms with Crippen LogP contribution in [0.5, 0.6) is 0 Å². The first-order valence-corrected chi connectivity index (χ1v) is 12.6. The van der Waals surface area contributed by atoms with Crippen LogP contribution in [0.25, 0.3) is 0 Å². The second-order valence-electron chi connectivity index (χ2n) is 9.19. The minimum atomic E-state index is -0.310. The van der Waals surface area contributed by atoms with E-state index in [1.165, 1.54) is 11.3 Å². The van der Waals surface area contributed by atoms with Crippen LogP contribution in [-0.4, -0.2) is 48.0 Å².